The number of oxazole rings is 1. The van der Waals surface area contributed by atoms with Crippen LogP contribution in [-0.2, 0) is 0 Å². The van der Waals surface area contributed by atoms with Gasteiger partial charge in [-0.25, -0.2) is 4.98 Å². The molecule has 9 aromatic carbocycles. The van der Waals surface area contributed by atoms with Gasteiger partial charge in [0.25, 0.3) is 0 Å². The molecule has 0 atom stereocenters. The largest absolute Gasteiger partial charge is 0.456 e. The third-order valence-corrected chi connectivity index (χ3v) is 10.9. The summed E-state index contributed by atoms with van der Waals surface area (Å²) in [5, 5.41) is 4.54. The van der Waals surface area contributed by atoms with Crippen LogP contribution in [0.1, 0.15) is 0 Å². The Balaban J connectivity index is 0.950. The number of furan rings is 1. The van der Waals surface area contributed by atoms with Crippen LogP contribution < -0.4 is 4.90 Å². The lowest BCUT2D eigenvalue weighted by Gasteiger charge is -2.26. The van der Waals surface area contributed by atoms with Gasteiger partial charge in [-0.2, -0.15) is 0 Å². The SMILES string of the molecule is c1ccc(-c2ccc(N(c3ccc(-c4ccc5c(c4)oc4cc6oc(-c7ccccc7)nc6cc45)cc3)c3cccc(-c4ccc5ccccc5c4)c3)cc2)cc1. The van der Waals surface area contributed by atoms with Gasteiger partial charge in [0, 0.05) is 39.5 Å². The van der Waals surface area contributed by atoms with Crippen LogP contribution in [0, 0.1) is 0 Å². The van der Waals surface area contributed by atoms with Crippen molar-refractivity contribution in [3.63, 3.8) is 0 Å². The van der Waals surface area contributed by atoms with E-state index < -0.39 is 0 Å². The summed E-state index contributed by atoms with van der Waals surface area (Å²) >= 11 is 0. The molecule has 11 rings (SSSR count). The van der Waals surface area contributed by atoms with Crippen molar-refractivity contribution in [2.45, 2.75) is 0 Å². The molecule has 0 aliphatic rings. The summed E-state index contributed by atoms with van der Waals surface area (Å²) in [4.78, 5) is 7.12. The Morgan fingerprint density at radius 1 is 0.316 bits per heavy atom. The molecule has 0 amide bonds. The first-order chi connectivity index (χ1) is 28.2. The summed E-state index contributed by atoms with van der Waals surface area (Å²) in [6.07, 6.45) is 0. The standard InChI is InChI=1S/C53H34N2O2/c1-3-10-35(11-4-1)37-20-25-44(26-21-37)55(46-17-9-16-41(31-46)42-19-18-36-12-7-8-15-40(36)30-42)45-27-22-38(23-28-45)43-24-29-47-48-33-49-52(34-51(48)56-50(47)32-43)57-53(54-49)39-13-5-2-6-14-39/h1-34H. The number of hydrogen-bond acceptors (Lipinski definition) is 4. The first-order valence-electron chi connectivity index (χ1n) is 19.2. The second-order valence-electron chi connectivity index (χ2n) is 14.4. The highest BCUT2D eigenvalue weighted by molar-refractivity contribution is 6.09. The molecule has 11 aromatic rings. The molecule has 0 spiro atoms. The molecule has 0 aliphatic heterocycles. The molecule has 0 saturated heterocycles. The van der Waals surface area contributed by atoms with E-state index in [4.69, 9.17) is 13.8 Å². The predicted octanol–water partition coefficient (Wildman–Crippen LogP) is 15.0. The van der Waals surface area contributed by atoms with Gasteiger partial charge in [-0.05, 0) is 117 Å². The molecule has 268 valence electrons. The molecule has 57 heavy (non-hydrogen) atoms. The van der Waals surface area contributed by atoms with E-state index in [9.17, 15) is 0 Å². The number of anilines is 3. The minimum absolute atomic E-state index is 0.605. The Kier molecular flexibility index (Phi) is 7.78. The number of fused-ring (bicyclic) bond motifs is 5. The number of rotatable bonds is 7. The maximum absolute atomic E-state index is 6.43. The minimum atomic E-state index is 0.605. The molecule has 4 heteroatoms. The number of aromatic nitrogens is 1. The van der Waals surface area contributed by atoms with Gasteiger partial charge in [0.15, 0.2) is 5.58 Å². The van der Waals surface area contributed by atoms with Crippen LogP contribution in [0.15, 0.2) is 215 Å². The molecule has 0 radical (unpaired) electrons. The molecule has 0 fully saturated rings. The minimum Gasteiger partial charge on any atom is -0.456 e. The van der Waals surface area contributed by atoms with Crippen molar-refractivity contribution in [3.8, 4) is 44.8 Å². The van der Waals surface area contributed by atoms with E-state index in [1.54, 1.807) is 0 Å². The zero-order valence-corrected chi connectivity index (χ0v) is 30.8. The van der Waals surface area contributed by atoms with Crippen LogP contribution in [0.5, 0.6) is 0 Å². The van der Waals surface area contributed by atoms with Crippen LogP contribution in [0.4, 0.5) is 17.1 Å². The molecule has 0 aliphatic carbocycles. The lowest BCUT2D eigenvalue weighted by Crippen LogP contribution is -2.10. The van der Waals surface area contributed by atoms with Gasteiger partial charge < -0.3 is 13.7 Å². The summed E-state index contributed by atoms with van der Waals surface area (Å²) in [5.41, 5.74) is 14.2. The van der Waals surface area contributed by atoms with Crippen molar-refractivity contribution >= 4 is 60.9 Å². The van der Waals surface area contributed by atoms with Gasteiger partial charge in [-0.1, -0.05) is 127 Å². The summed E-state index contributed by atoms with van der Waals surface area (Å²) in [6.45, 7) is 0. The van der Waals surface area contributed by atoms with Crippen LogP contribution in [-0.4, -0.2) is 4.98 Å². The molecule has 2 aromatic heterocycles. The zero-order chi connectivity index (χ0) is 37.7. The highest BCUT2D eigenvalue weighted by Gasteiger charge is 2.17. The van der Waals surface area contributed by atoms with Crippen molar-refractivity contribution in [2.75, 3.05) is 4.90 Å². The maximum Gasteiger partial charge on any atom is 0.227 e. The summed E-state index contributed by atoms with van der Waals surface area (Å²) in [6, 6.07) is 72.6. The normalized spacial score (nSPS) is 11.5. The van der Waals surface area contributed by atoms with Crippen molar-refractivity contribution in [3.05, 3.63) is 206 Å². The number of nitrogens with zero attached hydrogens (tertiary/aromatic N) is 2. The molecule has 2 heterocycles. The van der Waals surface area contributed by atoms with E-state index in [2.05, 4.69) is 175 Å². The third-order valence-electron chi connectivity index (χ3n) is 10.9. The molecule has 0 saturated carbocycles. The lowest BCUT2D eigenvalue weighted by atomic mass is 10.00. The number of benzene rings is 9. The quantitative estimate of drug-likeness (QED) is 0.164. The van der Waals surface area contributed by atoms with E-state index >= 15 is 0 Å². The molecule has 4 nitrogen and oxygen atoms in total. The Bertz CT molecular complexity index is 3220. The van der Waals surface area contributed by atoms with Crippen molar-refractivity contribution in [1.82, 2.24) is 4.98 Å². The molecular formula is C53H34N2O2. The fraction of sp³-hybridized carbons (Fsp3) is 0. The van der Waals surface area contributed by atoms with E-state index in [1.165, 1.54) is 33.0 Å². The van der Waals surface area contributed by atoms with Gasteiger partial charge in [0.1, 0.15) is 16.7 Å². The number of hydrogen-bond donors (Lipinski definition) is 0. The molecule has 0 unspecified atom stereocenters. The first-order valence-corrected chi connectivity index (χ1v) is 19.2. The van der Waals surface area contributed by atoms with Crippen LogP contribution >= 0.6 is 0 Å². The Hall–Kier alpha value is -7.69. The Labute approximate surface area is 329 Å². The smallest absolute Gasteiger partial charge is 0.227 e. The Morgan fingerprint density at radius 2 is 0.877 bits per heavy atom. The average molecular weight is 731 g/mol. The van der Waals surface area contributed by atoms with E-state index in [1.807, 2.05) is 36.4 Å². The van der Waals surface area contributed by atoms with Gasteiger partial charge in [0.2, 0.25) is 5.89 Å². The predicted molar refractivity (Wildman–Crippen MR) is 235 cm³/mol. The summed E-state index contributed by atoms with van der Waals surface area (Å²) < 4.78 is 12.6. The molecule has 0 bridgehead atoms. The van der Waals surface area contributed by atoms with Gasteiger partial charge in [-0.3, -0.25) is 0 Å². The fourth-order valence-corrected chi connectivity index (χ4v) is 7.96. The molecule has 0 N–H and O–H groups in total. The van der Waals surface area contributed by atoms with Crippen LogP contribution in [0.2, 0.25) is 0 Å². The zero-order valence-electron chi connectivity index (χ0n) is 30.8. The van der Waals surface area contributed by atoms with E-state index in [-0.39, 0.29) is 0 Å². The van der Waals surface area contributed by atoms with Crippen molar-refractivity contribution in [1.29, 1.82) is 0 Å². The average Bonchev–Trinajstić information content (AvgIpc) is 3.87. The van der Waals surface area contributed by atoms with E-state index in [0.717, 1.165) is 61.2 Å². The Morgan fingerprint density at radius 3 is 1.63 bits per heavy atom. The molecular weight excluding hydrogens is 697 g/mol. The van der Waals surface area contributed by atoms with Crippen LogP contribution in [0.25, 0.3) is 88.6 Å². The van der Waals surface area contributed by atoms with E-state index in [0.29, 0.717) is 11.5 Å². The monoisotopic (exact) mass is 730 g/mol. The van der Waals surface area contributed by atoms with Gasteiger partial charge in [-0.15, -0.1) is 0 Å². The third kappa shape index (κ3) is 6.01. The van der Waals surface area contributed by atoms with Gasteiger partial charge in [0.05, 0.1) is 0 Å². The maximum atomic E-state index is 6.43. The highest BCUT2D eigenvalue weighted by Crippen LogP contribution is 2.40. The van der Waals surface area contributed by atoms with Gasteiger partial charge >= 0.3 is 0 Å². The topological polar surface area (TPSA) is 42.4 Å². The summed E-state index contributed by atoms with van der Waals surface area (Å²) in [5.74, 6) is 0.605. The summed E-state index contributed by atoms with van der Waals surface area (Å²) in [7, 11) is 0. The first kappa shape index (κ1) is 32.7. The fourth-order valence-electron chi connectivity index (χ4n) is 7.96. The van der Waals surface area contributed by atoms with Crippen molar-refractivity contribution < 1.29 is 8.83 Å². The second-order valence-corrected chi connectivity index (χ2v) is 14.4. The lowest BCUT2D eigenvalue weighted by molar-refractivity contribution is 0.617. The van der Waals surface area contributed by atoms with Crippen molar-refractivity contribution in [2.24, 2.45) is 0 Å². The highest BCUT2D eigenvalue weighted by atomic mass is 16.4. The van der Waals surface area contributed by atoms with Crippen LogP contribution in [0.3, 0.4) is 0 Å². The second kappa shape index (κ2) is 13.6.